The van der Waals surface area contributed by atoms with E-state index in [2.05, 4.69) is 25.1 Å². The van der Waals surface area contributed by atoms with Gasteiger partial charge in [-0.25, -0.2) is 19.3 Å². The Morgan fingerprint density at radius 2 is 2.19 bits per heavy atom. The molecule has 5 rings (SSSR count). The second-order valence-corrected chi connectivity index (χ2v) is 7.62. The van der Waals surface area contributed by atoms with Crippen molar-refractivity contribution in [2.45, 2.75) is 19.4 Å². The number of aromatic nitrogens is 6. The molecule has 4 aromatic rings. The molecule has 1 aromatic carbocycles. The van der Waals surface area contributed by atoms with Crippen LogP contribution in [-0.4, -0.2) is 47.5 Å². The van der Waals surface area contributed by atoms with E-state index in [1.807, 2.05) is 18.2 Å². The van der Waals surface area contributed by atoms with E-state index in [-0.39, 0.29) is 16.8 Å². The minimum atomic E-state index is -0.203. The molecule has 3 aromatic heterocycles. The first-order valence-electron chi connectivity index (χ1n) is 9.69. The van der Waals surface area contributed by atoms with Gasteiger partial charge in [0.15, 0.2) is 5.82 Å². The normalized spacial score (nSPS) is 13.8. The second kappa shape index (κ2) is 7.92. The summed E-state index contributed by atoms with van der Waals surface area (Å²) in [5.41, 5.74) is 4.59. The molecule has 31 heavy (non-hydrogen) atoms. The third kappa shape index (κ3) is 3.68. The zero-order valence-corrected chi connectivity index (χ0v) is 17.0. The van der Waals surface area contributed by atoms with Gasteiger partial charge in [-0.15, -0.1) is 0 Å². The molecule has 8 nitrogen and oxygen atoms in total. The van der Waals surface area contributed by atoms with Crippen molar-refractivity contribution >= 4 is 28.4 Å². The minimum absolute atomic E-state index is 0.203. The van der Waals surface area contributed by atoms with Crippen LogP contribution in [0.2, 0.25) is 5.15 Å². The lowest BCUT2D eigenvalue weighted by Gasteiger charge is -2.25. The molecule has 1 amide bonds. The summed E-state index contributed by atoms with van der Waals surface area (Å²) in [6, 6.07) is 5.84. The van der Waals surface area contributed by atoms with E-state index in [1.165, 1.54) is 18.5 Å². The Hall–Kier alpha value is -3.59. The van der Waals surface area contributed by atoms with E-state index in [4.69, 9.17) is 16.6 Å². The van der Waals surface area contributed by atoms with E-state index in [0.717, 1.165) is 27.9 Å². The Morgan fingerprint density at radius 3 is 3.00 bits per heavy atom. The number of imidazole rings is 1. The lowest BCUT2D eigenvalue weighted by atomic mass is 10.1. The molecule has 0 saturated heterocycles. The van der Waals surface area contributed by atoms with Gasteiger partial charge in [-0.1, -0.05) is 29.8 Å². The van der Waals surface area contributed by atoms with Crippen LogP contribution in [0.3, 0.4) is 0 Å². The van der Waals surface area contributed by atoms with Gasteiger partial charge >= 0.3 is 0 Å². The number of rotatable bonds is 4. The molecule has 0 spiro atoms. The number of benzene rings is 1. The molecule has 0 atom stereocenters. The number of carbonyl (C=O) groups excluding carboxylic acids is 1. The van der Waals surface area contributed by atoms with Gasteiger partial charge in [0.25, 0.3) is 5.91 Å². The Labute approximate surface area is 181 Å². The monoisotopic (exact) mass is 437 g/mol. The summed E-state index contributed by atoms with van der Waals surface area (Å²) >= 11 is 5.75. The average molecular weight is 438 g/mol. The van der Waals surface area contributed by atoms with Crippen molar-refractivity contribution in [3.8, 4) is 11.5 Å². The van der Waals surface area contributed by atoms with Gasteiger partial charge in [0.2, 0.25) is 0 Å². The molecule has 0 saturated carbocycles. The number of allylic oxidation sites excluding steroid dienone is 1. The van der Waals surface area contributed by atoms with Crippen molar-refractivity contribution in [2.75, 3.05) is 6.54 Å². The zero-order chi connectivity index (χ0) is 21.4. The number of carbonyl (C=O) groups is 1. The van der Waals surface area contributed by atoms with E-state index in [0.29, 0.717) is 43.8 Å². The van der Waals surface area contributed by atoms with Gasteiger partial charge < -0.3 is 9.88 Å². The summed E-state index contributed by atoms with van der Waals surface area (Å²) in [5, 5.41) is 8.60. The van der Waals surface area contributed by atoms with E-state index >= 15 is 0 Å². The highest BCUT2D eigenvalue weighted by atomic mass is 35.5. The van der Waals surface area contributed by atoms with Gasteiger partial charge in [-0.05, 0) is 18.1 Å². The van der Waals surface area contributed by atoms with Gasteiger partial charge in [-0.2, -0.15) is 5.10 Å². The van der Waals surface area contributed by atoms with Crippen molar-refractivity contribution in [3.05, 3.63) is 70.8 Å². The van der Waals surface area contributed by atoms with Gasteiger partial charge in [0, 0.05) is 18.4 Å². The minimum Gasteiger partial charge on any atom is -0.339 e. The Bertz CT molecular complexity index is 1300. The van der Waals surface area contributed by atoms with Crippen LogP contribution >= 0.6 is 11.6 Å². The van der Waals surface area contributed by atoms with E-state index < -0.39 is 0 Å². The highest BCUT2D eigenvalue weighted by Gasteiger charge is 2.26. The lowest BCUT2D eigenvalue weighted by molar-refractivity contribution is 0.0725. The number of halogens is 2. The number of amides is 1. The van der Waals surface area contributed by atoms with Crippen molar-refractivity contribution in [2.24, 2.45) is 0 Å². The van der Waals surface area contributed by atoms with Crippen LogP contribution in [0.25, 0.3) is 22.4 Å². The molecular formula is C21H17ClFN7O. The molecule has 0 radical (unpaired) electrons. The molecule has 4 heterocycles. The number of fused-ring (bicyclic) bond motifs is 2. The quantitative estimate of drug-likeness (QED) is 0.507. The fourth-order valence-corrected chi connectivity index (χ4v) is 3.82. The van der Waals surface area contributed by atoms with Gasteiger partial charge in [0.1, 0.15) is 16.5 Å². The number of hydrogen-bond donors (Lipinski definition) is 2. The Kier molecular flexibility index (Phi) is 4.95. The predicted octanol–water partition coefficient (Wildman–Crippen LogP) is 3.62. The summed E-state index contributed by atoms with van der Waals surface area (Å²) in [7, 11) is 0. The number of hydrogen-bond acceptors (Lipinski definition) is 5. The fourth-order valence-electron chi connectivity index (χ4n) is 3.72. The zero-order valence-electron chi connectivity index (χ0n) is 16.3. The molecule has 10 heteroatoms. The lowest BCUT2D eigenvalue weighted by Crippen LogP contribution is -2.36. The Morgan fingerprint density at radius 1 is 1.29 bits per heavy atom. The molecule has 1 aliphatic heterocycles. The second-order valence-electron chi connectivity index (χ2n) is 7.23. The molecule has 0 unspecified atom stereocenters. The van der Waals surface area contributed by atoms with Crippen molar-refractivity contribution in [1.82, 2.24) is 35.0 Å². The fraction of sp³-hybridized carbons (Fsp3) is 0.190. The van der Waals surface area contributed by atoms with Crippen LogP contribution in [0.15, 0.2) is 43.0 Å². The SMILES string of the molecule is O=C(c1cnc(Cl)cn1)N1CCc2nc(-c3n[nH]c4cc(C/C=C/F)ccc34)[nH]c2C1. The van der Waals surface area contributed by atoms with Gasteiger partial charge in [0.05, 0.1) is 42.2 Å². The number of nitrogens with zero attached hydrogens (tertiary/aromatic N) is 5. The predicted molar refractivity (Wildman–Crippen MR) is 113 cm³/mol. The molecule has 0 fully saturated rings. The van der Waals surface area contributed by atoms with E-state index in [1.54, 1.807) is 4.90 Å². The van der Waals surface area contributed by atoms with Crippen LogP contribution < -0.4 is 0 Å². The number of aromatic amines is 2. The maximum Gasteiger partial charge on any atom is 0.274 e. The van der Waals surface area contributed by atoms with Crippen molar-refractivity contribution in [3.63, 3.8) is 0 Å². The van der Waals surface area contributed by atoms with Crippen molar-refractivity contribution in [1.29, 1.82) is 0 Å². The summed E-state index contributed by atoms with van der Waals surface area (Å²) < 4.78 is 12.3. The average Bonchev–Trinajstić information content (AvgIpc) is 3.40. The molecule has 2 N–H and O–H groups in total. The van der Waals surface area contributed by atoms with Crippen LogP contribution in [0.1, 0.15) is 27.4 Å². The Balaban J connectivity index is 1.40. The first-order valence-corrected chi connectivity index (χ1v) is 10.1. The number of H-pyrrole nitrogens is 2. The molecule has 0 bridgehead atoms. The smallest absolute Gasteiger partial charge is 0.274 e. The molecule has 0 aliphatic carbocycles. The highest BCUT2D eigenvalue weighted by molar-refractivity contribution is 6.29. The highest BCUT2D eigenvalue weighted by Crippen LogP contribution is 2.28. The topological polar surface area (TPSA) is 103 Å². The molecular weight excluding hydrogens is 421 g/mol. The summed E-state index contributed by atoms with van der Waals surface area (Å²) in [6.07, 6.45) is 5.88. The summed E-state index contributed by atoms with van der Waals surface area (Å²) in [5.74, 6) is 0.444. The van der Waals surface area contributed by atoms with Crippen LogP contribution in [0.5, 0.6) is 0 Å². The first kappa shape index (κ1) is 19.4. The third-order valence-corrected chi connectivity index (χ3v) is 5.45. The maximum atomic E-state index is 12.7. The molecule has 1 aliphatic rings. The maximum absolute atomic E-state index is 12.7. The van der Waals surface area contributed by atoms with Crippen LogP contribution in [-0.2, 0) is 19.4 Å². The number of nitrogens with one attached hydrogen (secondary N) is 2. The van der Waals surface area contributed by atoms with Crippen LogP contribution in [0, 0.1) is 0 Å². The molecule has 156 valence electrons. The summed E-state index contributed by atoms with van der Waals surface area (Å²) in [4.78, 5) is 30.5. The standard InChI is InChI=1S/C21H17ClFN7O/c22-18-10-24-16(9-25-18)21(31)30-7-5-14-17(11-30)27-20(26-14)19-13-4-3-12(2-1-6-23)8-15(13)28-29-19/h1,3-4,6,8-10H,2,5,7,11H2,(H,26,27)(H,28,29)/b6-1+. The third-order valence-electron chi connectivity index (χ3n) is 5.25. The van der Waals surface area contributed by atoms with Crippen molar-refractivity contribution < 1.29 is 9.18 Å². The summed E-state index contributed by atoms with van der Waals surface area (Å²) in [6.45, 7) is 0.931. The van der Waals surface area contributed by atoms with Crippen LogP contribution in [0.4, 0.5) is 4.39 Å². The van der Waals surface area contributed by atoms with E-state index in [9.17, 15) is 9.18 Å². The largest absolute Gasteiger partial charge is 0.339 e. The first-order chi connectivity index (χ1) is 15.1. The van der Waals surface area contributed by atoms with Gasteiger partial charge in [-0.3, -0.25) is 9.89 Å².